The Hall–Kier alpha value is -2.45. The number of carbonyl (C=O) groups excluding carboxylic acids is 1. The molecule has 0 aliphatic heterocycles. The molecule has 0 radical (unpaired) electrons. The van der Waals surface area contributed by atoms with Gasteiger partial charge < -0.3 is 5.32 Å². The van der Waals surface area contributed by atoms with Gasteiger partial charge in [-0.2, -0.15) is 12.7 Å². The highest BCUT2D eigenvalue weighted by atomic mass is 32.2. The molecule has 0 bridgehead atoms. The maximum atomic E-state index is 13.2. The topological polar surface area (TPSA) is 69.7 Å². The van der Waals surface area contributed by atoms with Crippen molar-refractivity contribution < 1.29 is 17.6 Å². The fourth-order valence-corrected chi connectivity index (χ4v) is 3.45. The number of carbonyl (C=O) groups is 1. The zero-order valence-electron chi connectivity index (χ0n) is 15.2. The normalized spacial score (nSPS) is 11.5. The number of nitrogens with one attached hydrogen (secondary N) is 1. The number of halogens is 1. The van der Waals surface area contributed by atoms with Crippen molar-refractivity contribution in [1.82, 2.24) is 4.31 Å². The van der Waals surface area contributed by atoms with E-state index in [0.29, 0.717) is 5.69 Å². The van der Waals surface area contributed by atoms with E-state index in [1.807, 2.05) is 26.0 Å². The molecule has 0 aromatic heterocycles. The van der Waals surface area contributed by atoms with Gasteiger partial charge in [0.25, 0.3) is 0 Å². The number of benzene rings is 2. The third-order valence-corrected chi connectivity index (χ3v) is 5.62. The summed E-state index contributed by atoms with van der Waals surface area (Å²) in [5.74, 6) is -0.984. The van der Waals surface area contributed by atoms with Crippen LogP contribution in [-0.2, 0) is 15.0 Å². The fourth-order valence-electron chi connectivity index (χ4n) is 2.38. The van der Waals surface area contributed by atoms with Gasteiger partial charge in [0.15, 0.2) is 0 Å². The summed E-state index contributed by atoms with van der Waals surface area (Å²) in [5.41, 5.74) is 2.75. The minimum Gasteiger partial charge on any atom is -0.324 e. The Morgan fingerprint density at radius 3 is 2.23 bits per heavy atom. The van der Waals surface area contributed by atoms with Crippen molar-refractivity contribution in [2.75, 3.05) is 30.3 Å². The molecule has 2 aromatic carbocycles. The second-order valence-electron chi connectivity index (χ2n) is 6.14. The van der Waals surface area contributed by atoms with Crippen LogP contribution in [0, 0.1) is 19.7 Å². The summed E-state index contributed by atoms with van der Waals surface area (Å²) in [6.45, 7) is 3.37. The van der Waals surface area contributed by atoms with E-state index in [1.165, 1.54) is 26.2 Å². The van der Waals surface area contributed by atoms with Gasteiger partial charge in [0.2, 0.25) is 5.91 Å². The molecular formula is C18H22FN3O3S. The smallest absolute Gasteiger partial charge is 0.304 e. The van der Waals surface area contributed by atoms with E-state index in [4.69, 9.17) is 0 Å². The molecule has 0 saturated carbocycles. The quantitative estimate of drug-likeness (QED) is 0.839. The predicted molar refractivity (Wildman–Crippen MR) is 101 cm³/mol. The van der Waals surface area contributed by atoms with Crippen LogP contribution in [0.2, 0.25) is 0 Å². The lowest BCUT2D eigenvalue weighted by Gasteiger charge is -2.27. The lowest BCUT2D eigenvalue weighted by molar-refractivity contribution is -0.114. The van der Waals surface area contributed by atoms with Crippen LogP contribution in [0.25, 0.3) is 0 Å². The average molecular weight is 379 g/mol. The van der Waals surface area contributed by atoms with Gasteiger partial charge in [0.1, 0.15) is 12.4 Å². The number of rotatable bonds is 6. The van der Waals surface area contributed by atoms with Crippen molar-refractivity contribution in [3.05, 3.63) is 59.4 Å². The predicted octanol–water partition coefficient (Wildman–Crippen LogP) is 2.69. The van der Waals surface area contributed by atoms with Crippen molar-refractivity contribution in [2.45, 2.75) is 13.8 Å². The number of anilines is 2. The highest BCUT2D eigenvalue weighted by molar-refractivity contribution is 7.90. The molecule has 0 atom stereocenters. The number of aryl methyl sites for hydroxylation is 2. The zero-order chi connectivity index (χ0) is 19.5. The van der Waals surface area contributed by atoms with Gasteiger partial charge in [-0.25, -0.2) is 8.70 Å². The first-order valence-electron chi connectivity index (χ1n) is 7.94. The Labute approximate surface area is 153 Å². The molecule has 2 rings (SSSR count). The van der Waals surface area contributed by atoms with E-state index in [-0.39, 0.29) is 5.69 Å². The zero-order valence-corrected chi connectivity index (χ0v) is 16.0. The Morgan fingerprint density at radius 1 is 1.08 bits per heavy atom. The van der Waals surface area contributed by atoms with Crippen molar-refractivity contribution in [2.24, 2.45) is 0 Å². The van der Waals surface area contributed by atoms with Crippen molar-refractivity contribution in [3.8, 4) is 0 Å². The number of amides is 1. The monoisotopic (exact) mass is 379 g/mol. The van der Waals surface area contributed by atoms with Gasteiger partial charge in [-0.05, 0) is 49.7 Å². The number of hydrogen-bond acceptors (Lipinski definition) is 3. The Balaban J connectivity index is 2.28. The summed E-state index contributed by atoms with van der Waals surface area (Å²) in [6.07, 6.45) is 0. The highest BCUT2D eigenvalue weighted by Crippen LogP contribution is 2.21. The highest BCUT2D eigenvalue weighted by Gasteiger charge is 2.27. The van der Waals surface area contributed by atoms with Crippen molar-refractivity contribution in [3.63, 3.8) is 0 Å². The summed E-state index contributed by atoms with van der Waals surface area (Å²) in [4.78, 5) is 12.5. The third-order valence-electron chi connectivity index (χ3n) is 3.80. The van der Waals surface area contributed by atoms with Crippen molar-refractivity contribution >= 4 is 27.5 Å². The van der Waals surface area contributed by atoms with Crippen LogP contribution in [0.15, 0.2) is 42.5 Å². The average Bonchev–Trinajstić information content (AvgIpc) is 2.56. The van der Waals surface area contributed by atoms with E-state index < -0.39 is 28.5 Å². The van der Waals surface area contributed by atoms with E-state index in [1.54, 1.807) is 6.07 Å². The molecule has 8 heteroatoms. The summed E-state index contributed by atoms with van der Waals surface area (Å²) < 4.78 is 40.3. The molecule has 1 amide bonds. The van der Waals surface area contributed by atoms with Crippen LogP contribution < -0.4 is 9.62 Å². The molecule has 1 N–H and O–H groups in total. The van der Waals surface area contributed by atoms with E-state index in [9.17, 15) is 17.6 Å². The first-order chi connectivity index (χ1) is 12.1. The molecule has 2 aromatic rings. The molecule has 0 aliphatic carbocycles. The molecule has 6 nitrogen and oxygen atoms in total. The van der Waals surface area contributed by atoms with Gasteiger partial charge >= 0.3 is 10.2 Å². The molecule has 140 valence electrons. The molecule has 0 unspecified atom stereocenters. The standard InChI is InChI=1S/C18H22FN3O3S/c1-13-5-10-17(14(2)11-13)20-18(23)12-22(26(24,25)21(3)4)16-8-6-15(19)7-9-16/h5-11H,12H2,1-4H3,(H,20,23). The number of nitrogens with zero attached hydrogens (tertiary/aromatic N) is 2. The van der Waals surface area contributed by atoms with E-state index >= 15 is 0 Å². The summed E-state index contributed by atoms with van der Waals surface area (Å²) in [7, 11) is -1.19. The van der Waals surface area contributed by atoms with Crippen LogP contribution in [-0.4, -0.2) is 39.3 Å². The molecule has 26 heavy (non-hydrogen) atoms. The second kappa shape index (κ2) is 7.84. The van der Waals surface area contributed by atoms with Crippen LogP contribution in [0.4, 0.5) is 15.8 Å². The Bertz CT molecular complexity index is 896. The minimum atomic E-state index is -3.93. The lowest BCUT2D eigenvalue weighted by atomic mass is 10.1. The molecule has 0 fully saturated rings. The van der Waals surface area contributed by atoms with Crippen molar-refractivity contribution in [1.29, 1.82) is 0 Å². The second-order valence-corrected chi connectivity index (χ2v) is 8.21. The first-order valence-corrected chi connectivity index (χ1v) is 9.34. The largest absolute Gasteiger partial charge is 0.324 e. The molecule has 0 aliphatic rings. The minimum absolute atomic E-state index is 0.205. The van der Waals surface area contributed by atoms with E-state index in [0.717, 1.165) is 31.9 Å². The summed E-state index contributed by atoms with van der Waals surface area (Å²) >= 11 is 0. The lowest BCUT2D eigenvalue weighted by Crippen LogP contribution is -2.44. The fraction of sp³-hybridized carbons (Fsp3) is 0.278. The molecule has 0 heterocycles. The summed E-state index contributed by atoms with van der Waals surface area (Å²) in [5, 5.41) is 2.72. The maximum Gasteiger partial charge on any atom is 0.304 e. The molecule has 0 spiro atoms. The summed E-state index contributed by atoms with van der Waals surface area (Å²) in [6, 6.07) is 10.5. The third kappa shape index (κ3) is 4.59. The Morgan fingerprint density at radius 2 is 1.69 bits per heavy atom. The van der Waals surface area contributed by atoms with Gasteiger partial charge in [0, 0.05) is 19.8 Å². The van der Waals surface area contributed by atoms with Gasteiger partial charge in [-0.3, -0.25) is 4.79 Å². The molecule has 0 saturated heterocycles. The SMILES string of the molecule is Cc1ccc(NC(=O)CN(c2ccc(F)cc2)S(=O)(=O)N(C)C)c(C)c1. The van der Waals surface area contributed by atoms with Crippen LogP contribution in [0.3, 0.4) is 0 Å². The van der Waals surface area contributed by atoms with Crippen LogP contribution in [0.5, 0.6) is 0 Å². The Kier molecular flexibility index (Phi) is 5.99. The van der Waals surface area contributed by atoms with Crippen LogP contribution >= 0.6 is 0 Å². The van der Waals surface area contributed by atoms with Gasteiger partial charge in [-0.15, -0.1) is 0 Å². The van der Waals surface area contributed by atoms with Gasteiger partial charge in [-0.1, -0.05) is 17.7 Å². The molecular weight excluding hydrogens is 357 g/mol. The van der Waals surface area contributed by atoms with Gasteiger partial charge in [0.05, 0.1) is 5.69 Å². The number of hydrogen-bond donors (Lipinski definition) is 1. The first kappa shape index (κ1) is 19.9. The maximum absolute atomic E-state index is 13.2. The van der Waals surface area contributed by atoms with E-state index in [2.05, 4.69) is 5.32 Å². The van der Waals surface area contributed by atoms with Crippen LogP contribution in [0.1, 0.15) is 11.1 Å².